The number of amides is 1. The van der Waals surface area contributed by atoms with Gasteiger partial charge in [0.15, 0.2) is 0 Å². The number of hydrogen-bond donors (Lipinski definition) is 3. The van der Waals surface area contributed by atoms with Gasteiger partial charge in [0.1, 0.15) is 11.6 Å². The molecular formula is C37H65N3O5. The average molecular weight is 632 g/mol. The molecule has 0 saturated heterocycles. The number of hydrogen-bond acceptors (Lipinski definition) is 7. The van der Waals surface area contributed by atoms with Gasteiger partial charge in [0, 0.05) is 26.3 Å². The molecule has 1 amide bonds. The average Bonchev–Trinajstić information content (AvgIpc) is 3.38. The third-order valence-corrected chi connectivity index (χ3v) is 13.1. The molecule has 0 aromatic carbocycles. The van der Waals surface area contributed by atoms with E-state index in [4.69, 9.17) is 9.68 Å². The van der Waals surface area contributed by atoms with E-state index in [1.54, 1.807) is 7.05 Å². The zero-order chi connectivity index (χ0) is 32.6. The number of Topliss-reactive ketones (excluding diaryl/α,β-unsaturated/α-hetero) is 2. The van der Waals surface area contributed by atoms with E-state index in [0.29, 0.717) is 54.8 Å². The van der Waals surface area contributed by atoms with Crippen molar-refractivity contribution in [3.8, 4) is 0 Å². The van der Waals surface area contributed by atoms with Gasteiger partial charge in [0.25, 0.3) is 0 Å². The maximum Gasteiger partial charge on any atom is 0.219 e. The van der Waals surface area contributed by atoms with E-state index in [0.717, 1.165) is 57.8 Å². The number of unbranched alkanes of at least 4 members (excludes halogenated alkanes) is 2. The van der Waals surface area contributed by atoms with Crippen LogP contribution in [0.3, 0.4) is 0 Å². The van der Waals surface area contributed by atoms with Crippen molar-refractivity contribution < 1.29 is 24.1 Å². The Morgan fingerprint density at radius 2 is 1.42 bits per heavy atom. The van der Waals surface area contributed by atoms with Gasteiger partial charge in [-0.15, -0.1) is 0 Å². The van der Waals surface area contributed by atoms with E-state index in [-0.39, 0.29) is 53.6 Å². The molecule has 8 heteroatoms. The highest BCUT2D eigenvalue weighted by Gasteiger charge is 2.63. The Labute approximate surface area is 273 Å². The van der Waals surface area contributed by atoms with E-state index in [9.17, 15) is 14.4 Å². The normalized spacial score (nSPS) is 36.4. The molecule has 3 N–H and O–H groups in total. The molecule has 4 saturated carbocycles. The first-order chi connectivity index (χ1) is 21.6. The molecule has 10 unspecified atom stereocenters. The highest BCUT2D eigenvalue weighted by molar-refractivity contribution is 5.80. The van der Waals surface area contributed by atoms with Crippen LogP contribution in [-0.4, -0.2) is 49.8 Å². The summed E-state index contributed by atoms with van der Waals surface area (Å²) in [6.07, 6.45) is 15.9. The largest absolute Gasteiger partial charge is 0.359 e. The fourth-order valence-corrected chi connectivity index (χ4v) is 10.4. The zero-order valence-corrected chi connectivity index (χ0v) is 29.4. The summed E-state index contributed by atoms with van der Waals surface area (Å²) < 4.78 is 0. The molecule has 45 heavy (non-hydrogen) atoms. The second-order valence-corrected chi connectivity index (χ2v) is 15.7. The molecule has 8 nitrogen and oxygen atoms in total. The molecular weight excluding hydrogens is 566 g/mol. The third kappa shape index (κ3) is 8.58. The Morgan fingerprint density at radius 3 is 2.07 bits per heavy atom. The first-order valence-corrected chi connectivity index (χ1v) is 18.6. The number of rotatable bonds is 18. The number of carbonyl (C=O) groups excluding carboxylic acids is 3. The second-order valence-electron chi connectivity index (χ2n) is 15.7. The van der Waals surface area contributed by atoms with Crippen LogP contribution in [0.5, 0.6) is 0 Å². The van der Waals surface area contributed by atoms with Gasteiger partial charge in [-0.05, 0) is 117 Å². The highest BCUT2D eigenvalue weighted by Crippen LogP contribution is 2.68. The molecule has 4 rings (SSSR count). The summed E-state index contributed by atoms with van der Waals surface area (Å²) in [5.41, 5.74) is 6.68. The summed E-state index contributed by atoms with van der Waals surface area (Å²) >= 11 is 0. The summed E-state index contributed by atoms with van der Waals surface area (Å²) in [6, 6.07) is 0. The SMILES string of the molecule is CCCCC(=O)CNOC1CCC2(C)C(C1)CC(ONCC(=O)CCCC)C1C2CCC2(C)C(C(C)CCC(=O)NC)CCC12. The molecule has 0 aromatic heterocycles. The van der Waals surface area contributed by atoms with Crippen LogP contribution >= 0.6 is 0 Å². The topological polar surface area (TPSA) is 106 Å². The van der Waals surface area contributed by atoms with Crippen molar-refractivity contribution in [1.29, 1.82) is 0 Å². The summed E-state index contributed by atoms with van der Waals surface area (Å²) in [5.74, 6) is 3.84. The third-order valence-electron chi connectivity index (χ3n) is 13.1. The summed E-state index contributed by atoms with van der Waals surface area (Å²) in [7, 11) is 1.73. The van der Waals surface area contributed by atoms with Gasteiger partial charge in [0.05, 0.1) is 25.3 Å². The van der Waals surface area contributed by atoms with Crippen LogP contribution in [0.4, 0.5) is 0 Å². The fraction of sp³-hybridized carbons (Fsp3) is 0.919. The Kier molecular flexibility index (Phi) is 13.5. The Hall–Kier alpha value is -1.35. The lowest BCUT2D eigenvalue weighted by atomic mass is 9.43. The molecule has 0 bridgehead atoms. The van der Waals surface area contributed by atoms with Gasteiger partial charge >= 0.3 is 0 Å². The van der Waals surface area contributed by atoms with E-state index in [1.807, 2.05) is 0 Å². The molecule has 0 heterocycles. The fourth-order valence-electron chi connectivity index (χ4n) is 10.4. The van der Waals surface area contributed by atoms with E-state index in [1.165, 1.54) is 25.7 Å². The van der Waals surface area contributed by atoms with Crippen LogP contribution in [0.15, 0.2) is 0 Å². The number of ketones is 2. The predicted molar refractivity (Wildman–Crippen MR) is 178 cm³/mol. The van der Waals surface area contributed by atoms with Crippen molar-refractivity contribution in [2.45, 2.75) is 150 Å². The van der Waals surface area contributed by atoms with Crippen molar-refractivity contribution in [2.75, 3.05) is 20.1 Å². The van der Waals surface area contributed by atoms with Crippen LogP contribution in [0.2, 0.25) is 0 Å². The Balaban J connectivity index is 1.47. The summed E-state index contributed by atoms with van der Waals surface area (Å²) in [6.45, 7) is 12.3. The maximum atomic E-state index is 12.5. The van der Waals surface area contributed by atoms with Crippen molar-refractivity contribution in [2.24, 2.45) is 46.3 Å². The van der Waals surface area contributed by atoms with E-state index in [2.05, 4.69) is 50.9 Å². The minimum atomic E-state index is 0.0685. The van der Waals surface area contributed by atoms with Crippen molar-refractivity contribution in [3.05, 3.63) is 0 Å². The van der Waals surface area contributed by atoms with Gasteiger partial charge in [-0.3, -0.25) is 24.1 Å². The van der Waals surface area contributed by atoms with E-state index >= 15 is 0 Å². The van der Waals surface area contributed by atoms with Crippen molar-refractivity contribution >= 4 is 17.5 Å². The van der Waals surface area contributed by atoms with Crippen LogP contribution in [0.1, 0.15) is 137 Å². The number of hydroxylamine groups is 2. The lowest BCUT2D eigenvalue weighted by Gasteiger charge is -2.63. The number of carbonyl (C=O) groups is 3. The zero-order valence-electron chi connectivity index (χ0n) is 29.4. The van der Waals surface area contributed by atoms with Crippen LogP contribution < -0.4 is 16.3 Å². The number of nitrogens with one attached hydrogen (secondary N) is 3. The second kappa shape index (κ2) is 16.7. The smallest absolute Gasteiger partial charge is 0.219 e. The summed E-state index contributed by atoms with van der Waals surface area (Å²) in [5, 5.41) is 2.80. The lowest BCUT2D eigenvalue weighted by molar-refractivity contribution is -0.210. The molecule has 4 aliphatic rings. The Morgan fingerprint density at radius 1 is 0.800 bits per heavy atom. The Bertz CT molecular complexity index is 991. The lowest BCUT2D eigenvalue weighted by Crippen LogP contribution is -2.60. The van der Waals surface area contributed by atoms with Crippen LogP contribution in [0, 0.1) is 46.3 Å². The van der Waals surface area contributed by atoms with Gasteiger partial charge in [-0.1, -0.05) is 47.5 Å². The quantitative estimate of drug-likeness (QED) is 0.144. The monoisotopic (exact) mass is 631 g/mol. The van der Waals surface area contributed by atoms with Gasteiger partial charge in [-0.25, -0.2) is 0 Å². The first kappa shape index (κ1) is 36.5. The van der Waals surface area contributed by atoms with Crippen molar-refractivity contribution in [1.82, 2.24) is 16.3 Å². The number of fused-ring (bicyclic) bond motifs is 5. The molecule has 0 radical (unpaired) electrons. The van der Waals surface area contributed by atoms with Gasteiger partial charge in [-0.2, -0.15) is 11.0 Å². The minimum Gasteiger partial charge on any atom is -0.359 e. The molecule has 0 aromatic rings. The first-order valence-electron chi connectivity index (χ1n) is 18.6. The van der Waals surface area contributed by atoms with Gasteiger partial charge in [0.2, 0.25) is 5.91 Å². The minimum absolute atomic E-state index is 0.0685. The van der Waals surface area contributed by atoms with Crippen molar-refractivity contribution in [3.63, 3.8) is 0 Å². The predicted octanol–water partition coefficient (Wildman–Crippen LogP) is 6.72. The molecule has 4 fully saturated rings. The molecule has 4 aliphatic carbocycles. The van der Waals surface area contributed by atoms with Crippen LogP contribution in [0.25, 0.3) is 0 Å². The molecule has 0 spiro atoms. The highest BCUT2D eigenvalue weighted by atomic mass is 16.7. The van der Waals surface area contributed by atoms with E-state index < -0.39 is 0 Å². The standard InChI is InChI=1S/C37H65N3O5/c1-7-9-11-27(41)23-39-44-29-17-19-36(4)26(21-29)22-33(45-40-24-28(42)12-10-8-2)35-31-15-14-30(25(3)13-16-34(43)38-6)37(31,5)20-18-32(35)36/h25-26,29-33,35,39-40H,7-24H2,1-6H3,(H,38,43). The molecule has 10 atom stereocenters. The molecule has 0 aliphatic heterocycles. The van der Waals surface area contributed by atoms with Gasteiger partial charge < -0.3 is 5.32 Å². The van der Waals surface area contributed by atoms with Crippen LogP contribution in [-0.2, 0) is 24.1 Å². The maximum absolute atomic E-state index is 12.5. The molecule has 258 valence electrons. The summed E-state index contributed by atoms with van der Waals surface area (Å²) in [4.78, 5) is 49.5.